The van der Waals surface area contributed by atoms with E-state index in [1.165, 1.54) is 0 Å². The molecule has 0 fully saturated rings. The van der Waals surface area contributed by atoms with Gasteiger partial charge in [-0.05, 0) is 24.3 Å². The summed E-state index contributed by atoms with van der Waals surface area (Å²) in [6.07, 6.45) is 0. The number of hydrogen-bond acceptors (Lipinski definition) is 3. The SMILES string of the molecule is NCc1ccc(Cl)cc1Oc1ccccc1C(N)=O. The maximum absolute atomic E-state index is 11.3. The van der Waals surface area contributed by atoms with Crippen LogP contribution in [0.2, 0.25) is 5.02 Å². The first-order chi connectivity index (χ1) is 9.11. The molecule has 2 aromatic rings. The number of primary amides is 1. The Labute approximate surface area is 115 Å². The molecule has 0 saturated heterocycles. The van der Waals surface area contributed by atoms with E-state index in [1.807, 2.05) is 0 Å². The van der Waals surface area contributed by atoms with Crippen molar-refractivity contribution in [2.75, 3.05) is 0 Å². The maximum atomic E-state index is 11.3. The summed E-state index contributed by atoms with van der Waals surface area (Å²) in [6, 6.07) is 11.9. The summed E-state index contributed by atoms with van der Waals surface area (Å²) in [5, 5.41) is 0.531. The molecule has 2 rings (SSSR count). The molecule has 0 spiro atoms. The van der Waals surface area contributed by atoms with E-state index in [2.05, 4.69) is 0 Å². The van der Waals surface area contributed by atoms with Crippen molar-refractivity contribution in [3.05, 3.63) is 58.6 Å². The number of para-hydroxylation sites is 1. The van der Waals surface area contributed by atoms with Gasteiger partial charge in [0.2, 0.25) is 0 Å². The molecule has 0 radical (unpaired) electrons. The third-order valence-corrected chi connectivity index (χ3v) is 2.86. The summed E-state index contributed by atoms with van der Waals surface area (Å²) in [5.74, 6) is 0.350. The molecule has 1 amide bonds. The zero-order valence-corrected chi connectivity index (χ0v) is 10.9. The number of benzene rings is 2. The van der Waals surface area contributed by atoms with Gasteiger partial charge < -0.3 is 16.2 Å². The molecule has 0 atom stereocenters. The van der Waals surface area contributed by atoms with Crippen molar-refractivity contribution in [1.82, 2.24) is 0 Å². The van der Waals surface area contributed by atoms with E-state index in [1.54, 1.807) is 42.5 Å². The van der Waals surface area contributed by atoms with Crippen LogP contribution in [0.15, 0.2) is 42.5 Å². The zero-order chi connectivity index (χ0) is 13.8. The lowest BCUT2D eigenvalue weighted by Crippen LogP contribution is -2.12. The van der Waals surface area contributed by atoms with Gasteiger partial charge >= 0.3 is 0 Å². The smallest absolute Gasteiger partial charge is 0.252 e. The van der Waals surface area contributed by atoms with Crippen LogP contribution in [0.4, 0.5) is 0 Å². The number of rotatable bonds is 4. The molecule has 0 aromatic heterocycles. The van der Waals surface area contributed by atoms with Gasteiger partial charge in [-0.1, -0.05) is 29.8 Å². The fraction of sp³-hybridized carbons (Fsp3) is 0.0714. The standard InChI is InChI=1S/C14H13ClN2O2/c15-10-6-5-9(8-16)13(7-10)19-12-4-2-1-3-11(12)14(17)18/h1-7H,8,16H2,(H2,17,18). The first-order valence-electron chi connectivity index (χ1n) is 5.67. The van der Waals surface area contributed by atoms with E-state index in [4.69, 9.17) is 27.8 Å². The van der Waals surface area contributed by atoms with E-state index in [9.17, 15) is 4.79 Å². The third-order valence-electron chi connectivity index (χ3n) is 2.62. The summed E-state index contributed by atoms with van der Waals surface area (Å²) >= 11 is 5.93. The van der Waals surface area contributed by atoms with Crippen molar-refractivity contribution in [3.8, 4) is 11.5 Å². The number of carbonyl (C=O) groups excluding carboxylic acids is 1. The summed E-state index contributed by atoms with van der Waals surface area (Å²) < 4.78 is 5.71. The molecule has 0 aliphatic carbocycles. The molecule has 0 aliphatic heterocycles. The van der Waals surface area contributed by atoms with Gasteiger partial charge in [0.25, 0.3) is 5.91 Å². The largest absolute Gasteiger partial charge is 0.456 e. The van der Waals surface area contributed by atoms with E-state index >= 15 is 0 Å². The molecular weight excluding hydrogens is 264 g/mol. The predicted octanol–water partition coefficient (Wildman–Crippen LogP) is 2.69. The molecule has 19 heavy (non-hydrogen) atoms. The molecule has 0 unspecified atom stereocenters. The molecule has 0 aliphatic rings. The fourth-order valence-corrected chi connectivity index (χ4v) is 1.83. The summed E-state index contributed by atoms with van der Waals surface area (Å²) in [5.41, 5.74) is 12.0. The van der Waals surface area contributed by atoms with Gasteiger partial charge in [0.1, 0.15) is 11.5 Å². The van der Waals surface area contributed by atoms with Crippen LogP contribution < -0.4 is 16.2 Å². The van der Waals surface area contributed by atoms with Gasteiger partial charge in [-0.25, -0.2) is 0 Å². The number of carbonyl (C=O) groups is 1. The average Bonchev–Trinajstić information content (AvgIpc) is 2.39. The molecule has 0 bridgehead atoms. The lowest BCUT2D eigenvalue weighted by Gasteiger charge is -2.12. The molecule has 0 saturated carbocycles. The second kappa shape index (κ2) is 5.73. The van der Waals surface area contributed by atoms with Crippen LogP contribution in [0.1, 0.15) is 15.9 Å². The Morgan fingerprint density at radius 3 is 2.58 bits per heavy atom. The predicted molar refractivity (Wildman–Crippen MR) is 74.4 cm³/mol. The molecular formula is C14H13ClN2O2. The van der Waals surface area contributed by atoms with Gasteiger partial charge in [0.05, 0.1) is 5.56 Å². The van der Waals surface area contributed by atoms with Crippen molar-refractivity contribution >= 4 is 17.5 Å². The minimum Gasteiger partial charge on any atom is -0.456 e. The molecule has 0 heterocycles. The fourth-order valence-electron chi connectivity index (χ4n) is 1.67. The van der Waals surface area contributed by atoms with Gasteiger partial charge in [-0.3, -0.25) is 4.79 Å². The van der Waals surface area contributed by atoms with Crippen LogP contribution in [0.5, 0.6) is 11.5 Å². The van der Waals surface area contributed by atoms with Crippen molar-refractivity contribution in [3.63, 3.8) is 0 Å². The highest BCUT2D eigenvalue weighted by Gasteiger charge is 2.11. The van der Waals surface area contributed by atoms with Gasteiger partial charge in [-0.15, -0.1) is 0 Å². The van der Waals surface area contributed by atoms with Crippen molar-refractivity contribution in [2.45, 2.75) is 6.54 Å². The average molecular weight is 277 g/mol. The van der Waals surface area contributed by atoms with E-state index < -0.39 is 5.91 Å². The number of ether oxygens (including phenoxy) is 1. The van der Waals surface area contributed by atoms with Gasteiger partial charge in [0, 0.05) is 17.1 Å². The molecule has 2 aromatic carbocycles. The van der Waals surface area contributed by atoms with Crippen LogP contribution in [0, 0.1) is 0 Å². The van der Waals surface area contributed by atoms with Crippen LogP contribution in [-0.4, -0.2) is 5.91 Å². The second-order valence-electron chi connectivity index (χ2n) is 3.92. The van der Waals surface area contributed by atoms with Crippen molar-refractivity contribution in [2.24, 2.45) is 11.5 Å². The van der Waals surface area contributed by atoms with Gasteiger partial charge in [-0.2, -0.15) is 0 Å². The van der Waals surface area contributed by atoms with Crippen LogP contribution in [0.25, 0.3) is 0 Å². The highest BCUT2D eigenvalue weighted by atomic mass is 35.5. The summed E-state index contributed by atoms with van der Waals surface area (Å²) in [4.78, 5) is 11.3. The molecule has 98 valence electrons. The zero-order valence-electron chi connectivity index (χ0n) is 10.1. The Bertz CT molecular complexity index is 614. The van der Waals surface area contributed by atoms with Crippen LogP contribution in [0.3, 0.4) is 0 Å². The minimum absolute atomic E-state index is 0.311. The Morgan fingerprint density at radius 2 is 1.89 bits per heavy atom. The Hall–Kier alpha value is -2.04. The van der Waals surface area contributed by atoms with Crippen LogP contribution >= 0.6 is 11.6 Å². The Morgan fingerprint density at radius 1 is 1.16 bits per heavy atom. The number of halogens is 1. The molecule has 4 nitrogen and oxygen atoms in total. The van der Waals surface area contributed by atoms with Crippen molar-refractivity contribution in [1.29, 1.82) is 0 Å². The quantitative estimate of drug-likeness (QED) is 0.901. The first kappa shape index (κ1) is 13.4. The lowest BCUT2D eigenvalue weighted by atomic mass is 10.1. The van der Waals surface area contributed by atoms with Crippen molar-refractivity contribution < 1.29 is 9.53 Å². The first-order valence-corrected chi connectivity index (χ1v) is 6.05. The highest BCUT2D eigenvalue weighted by molar-refractivity contribution is 6.30. The topological polar surface area (TPSA) is 78.3 Å². The maximum Gasteiger partial charge on any atom is 0.252 e. The lowest BCUT2D eigenvalue weighted by molar-refractivity contribution is 0.0998. The third kappa shape index (κ3) is 3.05. The molecule has 4 N–H and O–H groups in total. The second-order valence-corrected chi connectivity index (χ2v) is 4.36. The summed E-state index contributed by atoms with van der Waals surface area (Å²) in [6.45, 7) is 0.311. The monoisotopic (exact) mass is 276 g/mol. The van der Waals surface area contributed by atoms with Crippen LogP contribution in [-0.2, 0) is 6.54 Å². The Kier molecular flexibility index (Phi) is 4.04. The normalized spacial score (nSPS) is 10.2. The Balaban J connectivity index is 2.41. The number of nitrogens with two attached hydrogens (primary N) is 2. The number of hydrogen-bond donors (Lipinski definition) is 2. The van der Waals surface area contributed by atoms with E-state index in [0.717, 1.165) is 5.56 Å². The molecule has 5 heteroatoms. The minimum atomic E-state index is -0.549. The highest BCUT2D eigenvalue weighted by Crippen LogP contribution is 2.30. The summed E-state index contributed by atoms with van der Waals surface area (Å²) in [7, 11) is 0. The van der Waals surface area contributed by atoms with E-state index in [-0.39, 0.29) is 0 Å². The van der Waals surface area contributed by atoms with E-state index in [0.29, 0.717) is 28.6 Å². The van der Waals surface area contributed by atoms with Gasteiger partial charge in [0.15, 0.2) is 0 Å². The number of amides is 1.